The molecule has 2 heterocycles. The van der Waals surface area contributed by atoms with Crippen LogP contribution in [0.15, 0.2) is 46.9 Å². The van der Waals surface area contributed by atoms with Gasteiger partial charge in [-0.05, 0) is 29.9 Å². The predicted molar refractivity (Wildman–Crippen MR) is 79.6 cm³/mol. The van der Waals surface area contributed by atoms with Gasteiger partial charge in [0.15, 0.2) is 0 Å². The quantitative estimate of drug-likeness (QED) is 0.770. The van der Waals surface area contributed by atoms with Gasteiger partial charge in [-0.25, -0.2) is 0 Å². The summed E-state index contributed by atoms with van der Waals surface area (Å²) in [5, 5.41) is 9.17. The highest BCUT2D eigenvalue weighted by atomic mass is 32.1. The van der Waals surface area contributed by atoms with Crippen molar-refractivity contribution in [1.82, 2.24) is 5.01 Å². The molecule has 0 fully saturated rings. The van der Waals surface area contributed by atoms with Crippen molar-refractivity contribution in [3.05, 3.63) is 57.8 Å². The minimum atomic E-state index is 0.434. The highest BCUT2D eigenvalue weighted by molar-refractivity contribution is 7.10. The van der Waals surface area contributed by atoms with E-state index in [0.29, 0.717) is 12.0 Å². The van der Waals surface area contributed by atoms with E-state index in [1.165, 1.54) is 34.6 Å². The first-order chi connectivity index (χ1) is 9.34. The van der Waals surface area contributed by atoms with Gasteiger partial charge in [0.05, 0.1) is 11.8 Å². The average molecular weight is 268 g/mol. The Morgan fingerprint density at radius 3 is 2.95 bits per heavy atom. The Labute approximate surface area is 117 Å². The third-order valence-corrected chi connectivity index (χ3v) is 5.20. The van der Waals surface area contributed by atoms with E-state index >= 15 is 0 Å². The Bertz CT molecular complexity index is 630. The predicted octanol–water partition coefficient (Wildman–Crippen LogP) is 3.70. The summed E-state index contributed by atoms with van der Waals surface area (Å²) in [5.74, 6) is 0.554. The van der Waals surface area contributed by atoms with Crippen LogP contribution in [0, 0.1) is 5.92 Å². The van der Waals surface area contributed by atoms with Crippen LogP contribution in [-0.4, -0.2) is 17.8 Å². The van der Waals surface area contributed by atoms with Crippen LogP contribution in [0.3, 0.4) is 0 Å². The zero-order valence-corrected chi connectivity index (χ0v) is 11.7. The van der Waals surface area contributed by atoms with Gasteiger partial charge in [-0.1, -0.05) is 30.3 Å². The van der Waals surface area contributed by atoms with Gasteiger partial charge in [0.25, 0.3) is 0 Å². The molecule has 1 aliphatic heterocycles. The van der Waals surface area contributed by atoms with Crippen LogP contribution in [0.25, 0.3) is 0 Å². The number of fused-ring (bicyclic) bond motifs is 3. The van der Waals surface area contributed by atoms with Crippen molar-refractivity contribution in [1.29, 1.82) is 0 Å². The molecule has 0 spiro atoms. The van der Waals surface area contributed by atoms with E-state index in [4.69, 9.17) is 5.10 Å². The van der Waals surface area contributed by atoms with E-state index in [9.17, 15) is 0 Å². The van der Waals surface area contributed by atoms with E-state index in [1.807, 2.05) is 11.3 Å². The van der Waals surface area contributed by atoms with Crippen molar-refractivity contribution in [2.75, 3.05) is 7.05 Å². The number of hydrogen-bond acceptors (Lipinski definition) is 3. The topological polar surface area (TPSA) is 15.6 Å². The Morgan fingerprint density at radius 1 is 1.21 bits per heavy atom. The highest BCUT2D eigenvalue weighted by Crippen LogP contribution is 2.43. The molecule has 2 atom stereocenters. The second kappa shape index (κ2) is 4.20. The van der Waals surface area contributed by atoms with Crippen molar-refractivity contribution in [2.24, 2.45) is 11.0 Å². The summed E-state index contributed by atoms with van der Waals surface area (Å²) in [6.07, 6.45) is 2.39. The fraction of sp³-hybridized carbons (Fsp3) is 0.312. The van der Waals surface area contributed by atoms with Gasteiger partial charge in [0.2, 0.25) is 0 Å². The Balaban J connectivity index is 1.78. The molecule has 0 amide bonds. The lowest BCUT2D eigenvalue weighted by Crippen LogP contribution is -2.26. The second-order valence-corrected chi connectivity index (χ2v) is 6.30. The highest BCUT2D eigenvalue weighted by Gasteiger charge is 2.40. The number of rotatable bonds is 1. The number of aryl methyl sites for hydroxylation is 1. The van der Waals surface area contributed by atoms with Crippen LogP contribution < -0.4 is 0 Å². The molecule has 0 saturated carbocycles. The Kier molecular flexibility index (Phi) is 2.49. The zero-order valence-electron chi connectivity index (χ0n) is 10.9. The maximum absolute atomic E-state index is 4.85. The van der Waals surface area contributed by atoms with E-state index in [2.05, 4.69) is 53.8 Å². The van der Waals surface area contributed by atoms with E-state index in [0.717, 1.165) is 0 Å². The molecule has 19 heavy (non-hydrogen) atoms. The van der Waals surface area contributed by atoms with Gasteiger partial charge in [0.1, 0.15) is 0 Å². The third kappa shape index (κ3) is 1.65. The van der Waals surface area contributed by atoms with Crippen LogP contribution in [0.4, 0.5) is 0 Å². The molecule has 0 unspecified atom stereocenters. The first kappa shape index (κ1) is 11.2. The maximum atomic E-state index is 4.85. The molecule has 2 nitrogen and oxygen atoms in total. The first-order valence-electron chi connectivity index (χ1n) is 6.77. The van der Waals surface area contributed by atoms with Gasteiger partial charge in [0, 0.05) is 23.4 Å². The van der Waals surface area contributed by atoms with Gasteiger partial charge in [-0.2, -0.15) is 5.10 Å². The molecule has 0 radical (unpaired) electrons. The lowest BCUT2D eigenvalue weighted by Gasteiger charge is -2.27. The van der Waals surface area contributed by atoms with Crippen LogP contribution >= 0.6 is 11.3 Å². The van der Waals surface area contributed by atoms with Crippen LogP contribution in [0.2, 0.25) is 0 Å². The fourth-order valence-electron chi connectivity index (χ4n) is 3.41. The minimum absolute atomic E-state index is 0.434. The van der Waals surface area contributed by atoms with Gasteiger partial charge >= 0.3 is 0 Å². The Hall–Kier alpha value is -1.61. The summed E-state index contributed by atoms with van der Waals surface area (Å²) < 4.78 is 0. The van der Waals surface area contributed by atoms with Gasteiger partial charge in [-0.15, -0.1) is 11.3 Å². The number of benzene rings is 1. The largest absolute Gasteiger partial charge is 0.291 e. The second-order valence-electron chi connectivity index (χ2n) is 5.32. The molecule has 2 aromatic rings. The summed E-state index contributed by atoms with van der Waals surface area (Å²) in [4.78, 5) is 1.44. The molecule has 0 N–H and O–H groups in total. The first-order valence-corrected chi connectivity index (χ1v) is 7.65. The van der Waals surface area contributed by atoms with E-state index < -0.39 is 0 Å². The molecule has 3 heteroatoms. The van der Waals surface area contributed by atoms with Crippen molar-refractivity contribution in [3.8, 4) is 0 Å². The number of nitrogens with zero attached hydrogens (tertiary/aromatic N) is 2. The molecular weight excluding hydrogens is 252 g/mol. The van der Waals surface area contributed by atoms with E-state index in [1.54, 1.807) is 0 Å². The van der Waals surface area contributed by atoms with Crippen molar-refractivity contribution in [2.45, 2.75) is 18.9 Å². The average Bonchev–Trinajstić information content (AvgIpc) is 3.04. The third-order valence-electron chi connectivity index (χ3n) is 4.25. The normalized spacial score (nSPS) is 24.9. The summed E-state index contributed by atoms with van der Waals surface area (Å²) >= 11 is 1.85. The molecular formula is C16H16N2S. The standard InChI is InChI=1S/C16H16N2S/c1-18-16(14-7-4-10-19-14)13-9-8-11-5-2-3-6-12(11)15(13)17-18/h2-7,10,13,16H,8-9H2,1H3/t13-,16+/m1/s1. The lowest BCUT2D eigenvalue weighted by atomic mass is 9.79. The zero-order chi connectivity index (χ0) is 12.8. The van der Waals surface area contributed by atoms with Gasteiger partial charge in [-0.3, -0.25) is 5.01 Å². The smallest absolute Gasteiger partial charge is 0.0893 e. The van der Waals surface area contributed by atoms with Crippen molar-refractivity contribution < 1.29 is 0 Å². The minimum Gasteiger partial charge on any atom is -0.291 e. The summed E-state index contributed by atoms with van der Waals surface area (Å²) in [6, 6.07) is 13.5. The molecule has 1 aromatic heterocycles. The van der Waals surface area contributed by atoms with Crippen LogP contribution in [0.1, 0.15) is 28.5 Å². The summed E-state index contributed by atoms with van der Waals surface area (Å²) in [6.45, 7) is 0. The maximum Gasteiger partial charge on any atom is 0.0893 e. The molecule has 1 aromatic carbocycles. The van der Waals surface area contributed by atoms with Crippen LogP contribution in [0.5, 0.6) is 0 Å². The summed E-state index contributed by atoms with van der Waals surface area (Å²) in [5.41, 5.74) is 4.12. The molecule has 0 bridgehead atoms. The Morgan fingerprint density at radius 2 is 2.11 bits per heavy atom. The monoisotopic (exact) mass is 268 g/mol. The van der Waals surface area contributed by atoms with Crippen LogP contribution in [-0.2, 0) is 6.42 Å². The van der Waals surface area contributed by atoms with Crippen molar-refractivity contribution >= 4 is 17.0 Å². The SMILES string of the molecule is CN1N=C2c3ccccc3CC[C@H]2[C@H]1c1cccs1. The fourth-order valence-corrected chi connectivity index (χ4v) is 4.33. The van der Waals surface area contributed by atoms with Gasteiger partial charge < -0.3 is 0 Å². The molecule has 4 rings (SSSR count). The molecule has 1 aliphatic carbocycles. The number of hydrogen-bond donors (Lipinski definition) is 0. The molecule has 2 aliphatic rings. The number of hydrazone groups is 1. The number of thiophene rings is 1. The van der Waals surface area contributed by atoms with Crippen molar-refractivity contribution in [3.63, 3.8) is 0 Å². The van der Waals surface area contributed by atoms with E-state index in [-0.39, 0.29) is 0 Å². The summed E-state index contributed by atoms with van der Waals surface area (Å²) in [7, 11) is 2.11. The molecule has 96 valence electrons. The molecule has 0 saturated heterocycles. The lowest BCUT2D eigenvalue weighted by molar-refractivity contribution is 0.247.